The van der Waals surface area contributed by atoms with Gasteiger partial charge in [0.15, 0.2) is 0 Å². The van der Waals surface area contributed by atoms with Crippen LogP contribution in [0.3, 0.4) is 0 Å². The van der Waals surface area contributed by atoms with Crippen LogP contribution in [-0.2, 0) is 17.4 Å². The number of amides is 1. The average molecular weight is 342 g/mol. The van der Waals surface area contributed by atoms with E-state index < -0.39 is 5.54 Å². The Morgan fingerprint density at radius 1 is 1.40 bits per heavy atom. The zero-order chi connectivity index (χ0) is 18.2. The molecular weight excluding hydrogens is 314 g/mol. The second-order valence-electron chi connectivity index (χ2n) is 7.77. The van der Waals surface area contributed by atoms with Gasteiger partial charge in [-0.3, -0.25) is 24.8 Å². The van der Waals surface area contributed by atoms with Crippen LogP contribution in [0.2, 0.25) is 0 Å². The van der Waals surface area contributed by atoms with Gasteiger partial charge in [0.25, 0.3) is 5.91 Å². The fourth-order valence-electron chi connectivity index (χ4n) is 3.79. The number of allylic oxidation sites excluding steroid dienone is 2. The van der Waals surface area contributed by atoms with Gasteiger partial charge in [-0.2, -0.15) is 5.10 Å². The van der Waals surface area contributed by atoms with Crippen molar-refractivity contribution >= 4 is 5.91 Å². The molecule has 1 atom stereocenters. The number of carbonyl (C=O) groups is 1. The first-order chi connectivity index (χ1) is 11.7. The molecule has 2 aliphatic rings. The normalized spacial score (nSPS) is 25.6. The number of hydrazine groups is 1. The zero-order valence-electron chi connectivity index (χ0n) is 15.8. The van der Waals surface area contributed by atoms with Crippen molar-refractivity contribution in [2.24, 2.45) is 7.05 Å². The lowest BCUT2D eigenvalue weighted by Gasteiger charge is -2.40. The number of hydrogen-bond donors (Lipinski definition) is 1. The van der Waals surface area contributed by atoms with Crippen LogP contribution in [0.5, 0.6) is 0 Å². The lowest BCUT2D eigenvalue weighted by molar-refractivity contribution is -0.128. The summed E-state index contributed by atoms with van der Waals surface area (Å²) in [5, 5.41) is 6.27. The number of rotatable bonds is 4. The lowest BCUT2D eigenvalue weighted by atomic mass is 9.90. The first kappa shape index (κ1) is 17.7. The van der Waals surface area contributed by atoms with Crippen molar-refractivity contribution in [3.8, 4) is 0 Å². The van der Waals surface area contributed by atoms with Crippen LogP contribution in [-0.4, -0.2) is 44.2 Å². The van der Waals surface area contributed by atoms with Crippen molar-refractivity contribution < 1.29 is 4.79 Å². The molecule has 1 unspecified atom stereocenters. The number of nitrogens with zero attached hydrogens (tertiary/aromatic N) is 4. The van der Waals surface area contributed by atoms with E-state index >= 15 is 0 Å². The minimum Gasteiger partial charge on any atom is -0.289 e. The van der Waals surface area contributed by atoms with Crippen molar-refractivity contribution in [3.05, 3.63) is 41.9 Å². The van der Waals surface area contributed by atoms with Crippen molar-refractivity contribution in [2.75, 3.05) is 13.1 Å². The van der Waals surface area contributed by atoms with Crippen LogP contribution in [0.1, 0.15) is 44.9 Å². The molecule has 6 heteroatoms. The molecule has 1 saturated heterocycles. The maximum absolute atomic E-state index is 12.7. The maximum atomic E-state index is 12.7. The molecule has 0 saturated carbocycles. The Bertz CT molecular complexity index is 717. The molecule has 3 heterocycles. The van der Waals surface area contributed by atoms with E-state index in [1.807, 2.05) is 50.5 Å². The highest BCUT2D eigenvalue weighted by atomic mass is 16.2. The summed E-state index contributed by atoms with van der Waals surface area (Å²) in [7, 11) is 1.90. The van der Waals surface area contributed by atoms with Crippen molar-refractivity contribution in [3.63, 3.8) is 0 Å². The van der Waals surface area contributed by atoms with E-state index in [4.69, 9.17) is 0 Å². The monoisotopic (exact) mass is 342 g/mol. The van der Waals surface area contributed by atoms with Gasteiger partial charge in [-0.1, -0.05) is 6.08 Å². The number of likely N-dealkylation sites (tertiary alicyclic amines) is 1. The van der Waals surface area contributed by atoms with E-state index in [9.17, 15) is 4.79 Å². The predicted octanol–water partition coefficient (Wildman–Crippen LogP) is 2.04. The topological polar surface area (TPSA) is 53.4 Å². The van der Waals surface area contributed by atoms with Crippen LogP contribution >= 0.6 is 0 Å². The largest absolute Gasteiger partial charge is 0.289 e. The van der Waals surface area contributed by atoms with Crippen LogP contribution < -0.4 is 5.43 Å². The number of hydrogen-bond acceptors (Lipinski definition) is 4. The molecule has 1 aromatic rings. The Kier molecular flexibility index (Phi) is 4.49. The number of aromatic nitrogens is 2. The lowest BCUT2D eigenvalue weighted by Crippen LogP contribution is -2.54. The Balaban J connectivity index is 1.76. The van der Waals surface area contributed by atoms with Crippen molar-refractivity contribution in [1.82, 2.24) is 25.1 Å². The molecule has 2 aliphatic heterocycles. The minimum absolute atomic E-state index is 0.00362. The second kappa shape index (κ2) is 6.33. The van der Waals surface area contributed by atoms with Crippen molar-refractivity contribution in [1.29, 1.82) is 0 Å². The maximum Gasteiger partial charge on any atom is 0.252 e. The molecule has 0 spiro atoms. The molecule has 0 aliphatic carbocycles. The van der Waals surface area contributed by atoms with Gasteiger partial charge < -0.3 is 0 Å². The molecule has 1 N–H and O–H groups in total. The third-order valence-corrected chi connectivity index (χ3v) is 5.37. The quantitative estimate of drug-likeness (QED) is 0.910. The number of aryl methyl sites for hydroxylation is 2. The Morgan fingerprint density at radius 2 is 2.16 bits per heavy atom. The van der Waals surface area contributed by atoms with Crippen molar-refractivity contribution in [2.45, 2.75) is 51.6 Å². The van der Waals surface area contributed by atoms with Crippen LogP contribution in [0, 0.1) is 13.0 Å². The third-order valence-electron chi connectivity index (χ3n) is 5.37. The van der Waals surface area contributed by atoms with Crippen LogP contribution in [0.4, 0.5) is 0 Å². The summed E-state index contributed by atoms with van der Waals surface area (Å²) < 4.78 is 1.79. The average Bonchev–Trinajstić information content (AvgIpc) is 3.03. The summed E-state index contributed by atoms with van der Waals surface area (Å²) in [4.78, 5) is 14.9. The molecule has 0 aromatic carbocycles. The van der Waals surface area contributed by atoms with Gasteiger partial charge in [-0.05, 0) is 59.2 Å². The molecule has 25 heavy (non-hydrogen) atoms. The first-order valence-electron chi connectivity index (χ1n) is 8.85. The highest BCUT2D eigenvalue weighted by Crippen LogP contribution is 2.32. The summed E-state index contributed by atoms with van der Waals surface area (Å²) in [6.07, 6.45) is 13.3. The highest BCUT2D eigenvalue weighted by molar-refractivity contribution is 5.78. The Hall–Kier alpha value is -2.08. The summed E-state index contributed by atoms with van der Waals surface area (Å²) in [5.74, 6) is -0.00362. The highest BCUT2D eigenvalue weighted by Gasteiger charge is 2.37. The molecular formula is C19H28N5O. The zero-order valence-corrected chi connectivity index (χ0v) is 15.8. The molecule has 3 rings (SSSR count). The van der Waals surface area contributed by atoms with E-state index in [1.54, 1.807) is 4.68 Å². The predicted molar refractivity (Wildman–Crippen MR) is 97.1 cm³/mol. The number of carbonyl (C=O) groups excluding carboxylic acids is 1. The van der Waals surface area contributed by atoms with Gasteiger partial charge in [-0.15, -0.1) is 0 Å². The standard InChI is InChI=1S/C19H28N5O/c1-15-16(13-22(5)20-15)19(4)10-6-7-12-24(19)21-17(25)14-23-11-8-9-18(23,2)3/h6-7,12-13H,8-9,11,14H2,1-5H3,(H,21,25). The van der Waals surface area contributed by atoms with Gasteiger partial charge in [-0.25, -0.2) is 0 Å². The first-order valence-corrected chi connectivity index (χ1v) is 8.85. The molecule has 1 aromatic heterocycles. The molecule has 135 valence electrons. The van der Waals surface area contributed by atoms with Gasteiger partial charge in [0, 0.05) is 30.5 Å². The fraction of sp³-hybridized carbons (Fsp3) is 0.579. The summed E-state index contributed by atoms with van der Waals surface area (Å²) in [5.41, 5.74) is 4.52. The van der Waals surface area contributed by atoms with E-state index in [0.29, 0.717) is 6.54 Å². The van der Waals surface area contributed by atoms with Gasteiger partial charge in [0.1, 0.15) is 5.54 Å². The van der Waals surface area contributed by atoms with Crippen LogP contribution in [0.15, 0.2) is 24.5 Å². The van der Waals surface area contributed by atoms with Gasteiger partial charge in [0.2, 0.25) is 0 Å². The minimum atomic E-state index is -0.580. The van der Waals surface area contributed by atoms with E-state index in [1.165, 1.54) is 0 Å². The summed E-state index contributed by atoms with van der Waals surface area (Å²) >= 11 is 0. The molecule has 1 fully saturated rings. The number of nitrogens with one attached hydrogen (secondary N) is 1. The Morgan fingerprint density at radius 3 is 2.76 bits per heavy atom. The summed E-state index contributed by atoms with van der Waals surface area (Å²) in [6, 6.07) is 0. The van der Waals surface area contributed by atoms with E-state index in [-0.39, 0.29) is 11.4 Å². The fourth-order valence-corrected chi connectivity index (χ4v) is 3.79. The Labute approximate surface area is 150 Å². The third kappa shape index (κ3) is 3.35. The van der Waals surface area contributed by atoms with Crippen LogP contribution in [0.25, 0.3) is 0 Å². The smallest absolute Gasteiger partial charge is 0.252 e. The molecule has 1 radical (unpaired) electrons. The van der Waals surface area contributed by atoms with Gasteiger partial charge >= 0.3 is 0 Å². The van der Waals surface area contributed by atoms with E-state index in [0.717, 1.165) is 30.6 Å². The molecule has 0 bridgehead atoms. The second-order valence-corrected chi connectivity index (χ2v) is 7.77. The van der Waals surface area contributed by atoms with Gasteiger partial charge in [0.05, 0.1) is 12.2 Å². The molecule has 1 amide bonds. The molecule has 6 nitrogen and oxygen atoms in total. The SMILES string of the molecule is Cc1nn(C)cc1C1(C)[C]=CC=CN1NC(=O)CN1CCCC1(C)C. The van der Waals surface area contributed by atoms with E-state index in [2.05, 4.69) is 35.3 Å². The summed E-state index contributed by atoms with van der Waals surface area (Å²) in [6.45, 7) is 9.80.